The number of nitrogens with zero attached hydrogens (tertiary/aromatic N) is 2. The van der Waals surface area contributed by atoms with E-state index < -0.39 is 80.7 Å². The number of ether oxygens (including phenoxy) is 4. The molecule has 2 aliphatic rings. The predicted octanol–water partition coefficient (Wildman–Crippen LogP) is 9.37. The van der Waals surface area contributed by atoms with Gasteiger partial charge in [0.15, 0.2) is 10.7 Å². The van der Waals surface area contributed by atoms with Gasteiger partial charge in [0.05, 0.1) is 19.8 Å². The first-order valence-electron chi connectivity index (χ1n) is 25.3. The van der Waals surface area contributed by atoms with Gasteiger partial charge in [-0.1, -0.05) is 170 Å². The van der Waals surface area contributed by atoms with E-state index in [2.05, 4.69) is 4.99 Å². The highest BCUT2D eigenvalue weighted by Gasteiger charge is 2.71. The van der Waals surface area contributed by atoms with Gasteiger partial charge in [-0.15, -0.1) is 34.0 Å². The van der Waals surface area contributed by atoms with Crippen molar-refractivity contribution in [3.63, 3.8) is 0 Å². The Balaban J connectivity index is 1.11. The quantitative estimate of drug-likeness (QED) is 0.0569. The average Bonchev–Trinajstić information content (AvgIpc) is 1.71. The van der Waals surface area contributed by atoms with Crippen molar-refractivity contribution in [2.45, 2.75) is 31.8 Å². The summed E-state index contributed by atoms with van der Waals surface area (Å²) in [6.07, 6.45) is 1.21. The number of allylic oxidation sites excluding steroid dienone is 1. The van der Waals surface area contributed by atoms with Gasteiger partial charge in [-0.25, -0.2) is 9.98 Å². The average molecular weight is 1120 g/mol. The van der Waals surface area contributed by atoms with Crippen LogP contribution in [0.15, 0.2) is 222 Å². The summed E-state index contributed by atoms with van der Waals surface area (Å²) in [4.78, 5) is 129. The molecule has 0 radical (unpaired) electrons. The van der Waals surface area contributed by atoms with E-state index in [0.717, 1.165) is 22.7 Å². The Morgan fingerprint density at radius 2 is 0.778 bits per heavy atom. The molecule has 13 rings (SSSR count). The summed E-state index contributed by atoms with van der Waals surface area (Å²) in [6, 6.07) is 49.1. The Hall–Kier alpha value is -9.68. The van der Waals surface area contributed by atoms with E-state index in [1.165, 1.54) is 29.5 Å². The maximum Gasteiger partial charge on any atom is 0.334 e. The molecule has 11 aromatic rings. The van der Waals surface area contributed by atoms with Crippen molar-refractivity contribution in [1.29, 1.82) is 0 Å². The van der Waals surface area contributed by atoms with Gasteiger partial charge in [0.25, 0.3) is 0 Å². The molecule has 0 bridgehead atoms. The predicted molar refractivity (Wildman–Crippen MR) is 308 cm³/mol. The molecule has 81 heavy (non-hydrogen) atoms. The molecule has 2 aliphatic carbocycles. The Labute approximate surface area is 469 Å². The first kappa shape index (κ1) is 50.8. The van der Waals surface area contributed by atoms with Crippen molar-refractivity contribution < 1.29 is 38.1 Å². The molecule has 8 aromatic carbocycles. The van der Waals surface area contributed by atoms with Gasteiger partial charge >= 0.3 is 23.9 Å². The number of esters is 4. The van der Waals surface area contributed by atoms with Gasteiger partial charge in [-0.05, 0) is 40.0 Å². The molecule has 0 unspecified atom stereocenters. The molecule has 0 amide bonds. The standard InChI is InChI=1S/C64H38N2O12S3/c67-51-39-25-13-14-26-40(39)52(68)49(51)65-45-29-43-47(64(45,61(73)77-33-37-21-9-3-10-22-37)62(74)78-34-38-23-11-4-12-24-38)56-48(63(43,59(71)75-31-35-17-5-1-6-18-35)60(72)76-32-36-19-7-2-8-20-36)57-58(81-56)55-44(79-57)30-46(80-55)66-50-53(69)41-27-15-16-28-42(41)54(50)70/h1-30H,31-34H2. The van der Waals surface area contributed by atoms with Crippen LogP contribution in [0.25, 0.3) is 45.9 Å². The van der Waals surface area contributed by atoms with Gasteiger partial charge in [0, 0.05) is 42.3 Å². The molecule has 3 heterocycles. The van der Waals surface area contributed by atoms with E-state index in [4.69, 9.17) is 23.9 Å². The highest BCUT2D eigenvalue weighted by atomic mass is 32.1. The molecule has 14 nitrogen and oxygen atoms in total. The number of hydrogen-bond donors (Lipinski definition) is 0. The van der Waals surface area contributed by atoms with Crippen molar-refractivity contribution in [2.24, 2.45) is 15.4 Å². The van der Waals surface area contributed by atoms with Crippen molar-refractivity contribution >= 4 is 109 Å². The smallest absolute Gasteiger partial charge is 0.334 e. The van der Waals surface area contributed by atoms with E-state index >= 15 is 19.2 Å². The third kappa shape index (κ3) is 8.18. The fraction of sp³-hybridized carbons (Fsp3) is 0.0938. The molecular weight excluding hydrogens is 1080 g/mol. The minimum atomic E-state index is -2.88. The van der Waals surface area contributed by atoms with Crippen LogP contribution in [0.3, 0.4) is 0 Å². The zero-order valence-corrected chi connectivity index (χ0v) is 44.6. The minimum absolute atomic E-state index is 0.0287. The van der Waals surface area contributed by atoms with Crippen LogP contribution >= 0.6 is 34.0 Å². The summed E-state index contributed by atoms with van der Waals surface area (Å²) >= 11 is 3.36. The Morgan fingerprint density at radius 1 is 0.407 bits per heavy atom. The third-order valence-corrected chi connectivity index (χ3v) is 18.3. The van der Waals surface area contributed by atoms with Crippen LogP contribution in [-0.2, 0) is 70.0 Å². The van der Waals surface area contributed by atoms with Gasteiger partial charge in [0.2, 0.25) is 32.5 Å². The first-order chi connectivity index (χ1) is 39.5. The molecule has 3 aromatic heterocycles. The molecule has 17 heteroatoms. The maximum atomic E-state index is 16.0. The summed E-state index contributed by atoms with van der Waals surface area (Å²) in [6.45, 7) is -1.47. The molecule has 0 fully saturated rings. The molecule has 0 spiro atoms. The van der Waals surface area contributed by atoms with Crippen LogP contribution in [0.2, 0.25) is 0 Å². The van der Waals surface area contributed by atoms with Crippen LogP contribution < -0.4 is 32.4 Å². The van der Waals surface area contributed by atoms with E-state index in [0.29, 0.717) is 46.1 Å². The highest BCUT2D eigenvalue weighted by molar-refractivity contribution is 7.40. The van der Waals surface area contributed by atoms with Crippen LogP contribution in [-0.4, -0.2) is 23.9 Å². The van der Waals surface area contributed by atoms with Crippen molar-refractivity contribution in [1.82, 2.24) is 0 Å². The lowest BCUT2D eigenvalue weighted by Crippen LogP contribution is -2.46. The molecule has 0 saturated carbocycles. The van der Waals surface area contributed by atoms with Gasteiger partial charge < -0.3 is 18.9 Å². The summed E-state index contributed by atoms with van der Waals surface area (Å²) < 4.78 is 27.0. The summed E-state index contributed by atoms with van der Waals surface area (Å²) in [7, 11) is 0. The Kier molecular flexibility index (Phi) is 12.7. The zero-order valence-electron chi connectivity index (χ0n) is 42.2. The maximum absolute atomic E-state index is 16.0. The number of hydrogen-bond acceptors (Lipinski definition) is 17. The fourth-order valence-corrected chi connectivity index (χ4v) is 15.0. The number of carbonyl (C=O) groups is 4. The number of benzene rings is 6. The van der Waals surface area contributed by atoms with Crippen LogP contribution in [0.4, 0.5) is 5.00 Å². The fourth-order valence-electron chi connectivity index (χ4n) is 10.7. The van der Waals surface area contributed by atoms with E-state index in [1.807, 2.05) is 0 Å². The lowest BCUT2D eigenvalue weighted by Gasteiger charge is -2.29. The Bertz CT molecular complexity index is 4620. The van der Waals surface area contributed by atoms with Gasteiger partial charge in [-0.2, -0.15) is 0 Å². The molecular formula is C64H38N2O12S3. The zero-order chi connectivity index (χ0) is 55.6. The van der Waals surface area contributed by atoms with Crippen molar-refractivity contribution in [3.05, 3.63) is 278 Å². The monoisotopic (exact) mass is 1120 g/mol. The Morgan fingerprint density at radius 3 is 1.19 bits per heavy atom. The second kappa shape index (κ2) is 20.2. The van der Waals surface area contributed by atoms with Crippen molar-refractivity contribution in [2.75, 3.05) is 0 Å². The normalized spacial score (nSPS) is 14.0. The van der Waals surface area contributed by atoms with Crippen LogP contribution in [0.1, 0.15) is 32.7 Å². The second-order valence-corrected chi connectivity index (χ2v) is 22.3. The number of fused-ring (bicyclic) bond motifs is 8. The van der Waals surface area contributed by atoms with Crippen LogP contribution in [0.5, 0.6) is 0 Å². The number of carbonyl (C=O) groups excluding carboxylic acids is 4. The summed E-state index contributed by atoms with van der Waals surface area (Å²) in [5.74, 6) is -4.82. The minimum Gasteiger partial charge on any atom is -0.459 e. The molecule has 394 valence electrons. The number of thiophene rings is 3. The SMILES string of the molecule is O=C(OCc1ccccc1)C1(C(=O)OCc2ccccc2)C(N=c2c(=O)c3ccccc3c2=O)=CC2=C1c1sc3c(sc4cc(N=c5c(=O)c6ccccc6c5=O)sc43)c1C2(C(=O)OCc1ccccc1)C(=O)OCc1ccccc1. The van der Waals surface area contributed by atoms with E-state index in [1.54, 1.807) is 164 Å². The topological polar surface area (TPSA) is 198 Å². The molecule has 0 aliphatic heterocycles. The molecule has 0 N–H and O–H groups in total. The van der Waals surface area contributed by atoms with E-state index in [-0.39, 0.29) is 61.7 Å². The van der Waals surface area contributed by atoms with Crippen LogP contribution in [0, 0.1) is 5.41 Å². The number of rotatable bonds is 14. The molecule has 0 atom stereocenters. The first-order valence-corrected chi connectivity index (χ1v) is 27.8. The molecule has 0 saturated heterocycles. The lowest BCUT2D eigenvalue weighted by atomic mass is 9.77. The summed E-state index contributed by atoms with van der Waals surface area (Å²) in [5, 5.41) is -0.0511. The summed E-state index contributed by atoms with van der Waals surface area (Å²) in [5.41, 5.74) is -7.04. The second-order valence-electron chi connectivity index (χ2n) is 19.2. The third-order valence-electron chi connectivity index (χ3n) is 14.5. The highest BCUT2D eigenvalue weighted by Crippen LogP contribution is 2.67. The van der Waals surface area contributed by atoms with Crippen molar-refractivity contribution in [3.8, 4) is 0 Å². The largest absolute Gasteiger partial charge is 0.459 e. The van der Waals surface area contributed by atoms with E-state index in [9.17, 15) is 19.2 Å². The lowest BCUT2D eigenvalue weighted by molar-refractivity contribution is -0.167. The van der Waals surface area contributed by atoms with Gasteiger partial charge in [-0.3, -0.25) is 38.4 Å². The van der Waals surface area contributed by atoms with Gasteiger partial charge in [0.1, 0.15) is 31.4 Å².